The van der Waals surface area contributed by atoms with E-state index in [1.54, 1.807) is 25.1 Å². The van der Waals surface area contributed by atoms with Crippen LogP contribution in [0.5, 0.6) is 0 Å². The third kappa shape index (κ3) is 2.55. The van der Waals surface area contributed by atoms with E-state index >= 15 is 0 Å². The molecule has 4 heteroatoms. The lowest BCUT2D eigenvalue weighted by Gasteiger charge is -2.13. The first kappa shape index (κ1) is 13.0. The number of rotatable bonds is 4. The number of nitrogen functional groups attached to an aromatic ring is 1. The molecule has 0 saturated carbocycles. The van der Waals surface area contributed by atoms with Crippen LogP contribution in [0.15, 0.2) is 23.1 Å². The molecule has 90 valence electrons. The fraction of sp³-hybridized carbons (Fsp3) is 0.500. The molecule has 1 rings (SSSR count). The first-order chi connectivity index (χ1) is 7.39. The number of nitrogens with two attached hydrogens (primary N) is 1. The van der Waals surface area contributed by atoms with E-state index < -0.39 is 9.84 Å². The number of anilines is 1. The van der Waals surface area contributed by atoms with E-state index in [1.165, 1.54) is 0 Å². The van der Waals surface area contributed by atoms with Crippen molar-refractivity contribution in [2.24, 2.45) is 0 Å². The highest BCUT2D eigenvalue weighted by atomic mass is 32.2. The van der Waals surface area contributed by atoms with Crippen LogP contribution in [-0.2, 0) is 9.84 Å². The number of sulfone groups is 1. The summed E-state index contributed by atoms with van der Waals surface area (Å²) in [6.45, 7) is 5.56. The Balaban J connectivity index is 3.12. The van der Waals surface area contributed by atoms with Crippen LogP contribution in [0.25, 0.3) is 0 Å². The third-order valence-electron chi connectivity index (χ3n) is 2.79. The third-order valence-corrected chi connectivity index (χ3v) is 5.00. The van der Waals surface area contributed by atoms with Gasteiger partial charge >= 0.3 is 0 Å². The summed E-state index contributed by atoms with van der Waals surface area (Å²) >= 11 is 0. The molecule has 0 aliphatic carbocycles. The van der Waals surface area contributed by atoms with Crippen molar-refractivity contribution in [1.29, 1.82) is 0 Å². The zero-order valence-electron chi connectivity index (χ0n) is 10.0. The first-order valence-corrected chi connectivity index (χ1v) is 7.04. The van der Waals surface area contributed by atoms with E-state index in [0.717, 1.165) is 12.0 Å². The Labute approximate surface area is 97.6 Å². The summed E-state index contributed by atoms with van der Waals surface area (Å²) in [6, 6.07) is 4.89. The summed E-state index contributed by atoms with van der Waals surface area (Å²) in [5.74, 6) is 0. The summed E-state index contributed by atoms with van der Waals surface area (Å²) < 4.78 is 24.3. The highest BCUT2D eigenvalue weighted by Gasteiger charge is 2.22. The smallest absolute Gasteiger partial charge is 0.180 e. The van der Waals surface area contributed by atoms with Crippen LogP contribution in [-0.4, -0.2) is 13.7 Å². The number of aryl methyl sites for hydroxylation is 1. The molecule has 0 aromatic heterocycles. The second-order valence-electron chi connectivity index (χ2n) is 4.16. The van der Waals surface area contributed by atoms with Crippen LogP contribution in [0.1, 0.15) is 32.3 Å². The summed E-state index contributed by atoms with van der Waals surface area (Å²) in [4.78, 5) is 0.375. The van der Waals surface area contributed by atoms with Gasteiger partial charge in [-0.1, -0.05) is 13.3 Å². The Morgan fingerprint density at radius 2 is 2.00 bits per heavy atom. The SMILES string of the molecule is CCCC(C)S(=O)(=O)c1ccc(N)c(C)c1. The van der Waals surface area contributed by atoms with Gasteiger partial charge in [-0.2, -0.15) is 0 Å². The Bertz CT molecular complexity index is 466. The fourth-order valence-corrected chi connectivity index (χ4v) is 3.23. The number of benzene rings is 1. The molecular weight excluding hydrogens is 222 g/mol. The lowest BCUT2D eigenvalue weighted by atomic mass is 10.2. The fourth-order valence-electron chi connectivity index (χ4n) is 1.62. The lowest BCUT2D eigenvalue weighted by Crippen LogP contribution is -2.17. The average Bonchev–Trinajstić information content (AvgIpc) is 2.22. The molecule has 2 N–H and O–H groups in total. The molecule has 0 bridgehead atoms. The van der Waals surface area contributed by atoms with Gasteiger partial charge in [-0.05, 0) is 44.0 Å². The Morgan fingerprint density at radius 1 is 1.38 bits per heavy atom. The van der Waals surface area contributed by atoms with Crippen LogP contribution in [0.4, 0.5) is 5.69 Å². The molecule has 0 radical (unpaired) electrons. The molecule has 1 unspecified atom stereocenters. The van der Waals surface area contributed by atoms with Crippen molar-refractivity contribution in [1.82, 2.24) is 0 Å². The normalized spacial score (nSPS) is 13.7. The molecule has 1 aromatic rings. The first-order valence-electron chi connectivity index (χ1n) is 5.49. The number of hydrogen-bond acceptors (Lipinski definition) is 3. The van der Waals surface area contributed by atoms with Gasteiger partial charge in [0.2, 0.25) is 0 Å². The molecule has 1 aromatic carbocycles. The predicted molar refractivity (Wildman–Crippen MR) is 67.1 cm³/mol. The van der Waals surface area contributed by atoms with Crippen molar-refractivity contribution in [2.45, 2.75) is 43.8 Å². The minimum atomic E-state index is -3.20. The van der Waals surface area contributed by atoms with Crippen LogP contribution in [0, 0.1) is 6.92 Å². The summed E-state index contributed by atoms with van der Waals surface area (Å²) in [7, 11) is -3.20. The topological polar surface area (TPSA) is 60.2 Å². The van der Waals surface area contributed by atoms with Crippen LogP contribution < -0.4 is 5.73 Å². The zero-order valence-corrected chi connectivity index (χ0v) is 10.8. The molecule has 0 fully saturated rings. The van der Waals surface area contributed by atoms with Crippen LogP contribution >= 0.6 is 0 Å². The van der Waals surface area contributed by atoms with Gasteiger partial charge in [0.15, 0.2) is 9.84 Å². The average molecular weight is 241 g/mol. The molecule has 0 aliphatic heterocycles. The maximum atomic E-state index is 12.1. The Morgan fingerprint density at radius 3 is 2.50 bits per heavy atom. The van der Waals surface area contributed by atoms with E-state index in [0.29, 0.717) is 17.0 Å². The van der Waals surface area contributed by atoms with Crippen molar-refractivity contribution in [3.63, 3.8) is 0 Å². The quantitative estimate of drug-likeness (QED) is 0.824. The molecule has 1 atom stereocenters. The van der Waals surface area contributed by atoms with E-state index in [1.807, 2.05) is 13.8 Å². The molecule has 16 heavy (non-hydrogen) atoms. The summed E-state index contributed by atoms with van der Waals surface area (Å²) in [5, 5.41) is -0.333. The molecule has 0 spiro atoms. The molecule has 0 amide bonds. The maximum absolute atomic E-state index is 12.1. The van der Waals surface area contributed by atoms with Crippen molar-refractivity contribution < 1.29 is 8.42 Å². The zero-order chi connectivity index (χ0) is 12.3. The lowest BCUT2D eigenvalue weighted by molar-refractivity contribution is 0.576. The van der Waals surface area contributed by atoms with Gasteiger partial charge in [-0.25, -0.2) is 8.42 Å². The van der Waals surface area contributed by atoms with E-state index in [9.17, 15) is 8.42 Å². The van der Waals surface area contributed by atoms with E-state index in [2.05, 4.69) is 0 Å². The molecule has 0 saturated heterocycles. The summed E-state index contributed by atoms with van der Waals surface area (Å²) in [5.41, 5.74) is 7.11. The van der Waals surface area contributed by atoms with Crippen molar-refractivity contribution in [3.05, 3.63) is 23.8 Å². The summed E-state index contributed by atoms with van der Waals surface area (Å²) in [6.07, 6.45) is 1.56. The molecular formula is C12H19NO2S. The molecule has 0 aliphatic rings. The van der Waals surface area contributed by atoms with Crippen molar-refractivity contribution in [2.75, 3.05) is 5.73 Å². The standard InChI is InChI=1S/C12H19NO2S/c1-4-5-10(3)16(14,15)11-6-7-12(13)9(2)8-11/h6-8,10H,4-5,13H2,1-3H3. The second kappa shape index (κ2) is 4.87. The van der Waals surface area contributed by atoms with Gasteiger partial charge in [-0.15, -0.1) is 0 Å². The minimum Gasteiger partial charge on any atom is -0.399 e. The van der Waals surface area contributed by atoms with Gasteiger partial charge in [0.25, 0.3) is 0 Å². The number of hydrogen-bond donors (Lipinski definition) is 1. The molecule has 3 nitrogen and oxygen atoms in total. The predicted octanol–water partition coefficient (Wildman–Crippen LogP) is 2.54. The van der Waals surface area contributed by atoms with Gasteiger partial charge in [-0.3, -0.25) is 0 Å². The molecule has 0 heterocycles. The highest BCUT2D eigenvalue weighted by molar-refractivity contribution is 7.92. The van der Waals surface area contributed by atoms with Crippen molar-refractivity contribution >= 4 is 15.5 Å². The monoisotopic (exact) mass is 241 g/mol. The van der Waals surface area contributed by atoms with Gasteiger partial charge < -0.3 is 5.73 Å². The van der Waals surface area contributed by atoms with Crippen LogP contribution in [0.3, 0.4) is 0 Å². The van der Waals surface area contributed by atoms with Gasteiger partial charge in [0, 0.05) is 5.69 Å². The van der Waals surface area contributed by atoms with E-state index in [4.69, 9.17) is 5.73 Å². The highest BCUT2D eigenvalue weighted by Crippen LogP contribution is 2.22. The Kier molecular flexibility index (Phi) is 3.97. The minimum absolute atomic E-state index is 0.333. The largest absolute Gasteiger partial charge is 0.399 e. The van der Waals surface area contributed by atoms with Crippen molar-refractivity contribution in [3.8, 4) is 0 Å². The van der Waals surface area contributed by atoms with Gasteiger partial charge in [0.1, 0.15) is 0 Å². The van der Waals surface area contributed by atoms with Crippen LogP contribution in [0.2, 0.25) is 0 Å². The maximum Gasteiger partial charge on any atom is 0.180 e. The Hall–Kier alpha value is -1.03. The van der Waals surface area contributed by atoms with Gasteiger partial charge in [0.05, 0.1) is 10.1 Å². The second-order valence-corrected chi connectivity index (χ2v) is 6.53. The van der Waals surface area contributed by atoms with E-state index in [-0.39, 0.29) is 5.25 Å².